The molecule has 2 aromatic rings. The maximum atomic E-state index is 12.0. The Labute approximate surface area is 132 Å². The smallest absolute Gasteiger partial charge is 0.228 e. The first-order valence-electron chi connectivity index (χ1n) is 6.41. The molecule has 1 N–H and O–H groups in total. The molecule has 0 heterocycles. The molecule has 4 heteroatoms. The van der Waals surface area contributed by atoms with Crippen LogP contribution in [-0.2, 0) is 17.6 Å². The third-order valence-corrected chi connectivity index (χ3v) is 4.23. The zero-order chi connectivity index (χ0) is 14.5. The minimum absolute atomic E-state index is 0.0485. The Hall–Kier alpha value is -1.32. The van der Waals surface area contributed by atoms with E-state index in [1.807, 2.05) is 24.3 Å². The van der Waals surface area contributed by atoms with Crippen molar-refractivity contribution < 1.29 is 4.79 Å². The van der Waals surface area contributed by atoms with E-state index < -0.39 is 0 Å². The number of nitrogens with one attached hydrogen (secondary N) is 1. The van der Waals surface area contributed by atoms with Crippen LogP contribution in [0.2, 0.25) is 5.02 Å². The zero-order valence-corrected chi connectivity index (χ0v) is 13.5. The molecule has 0 saturated carbocycles. The van der Waals surface area contributed by atoms with Gasteiger partial charge in [-0.25, -0.2) is 0 Å². The highest BCUT2D eigenvalue weighted by atomic mass is 79.9. The average Bonchev–Trinajstić information content (AvgIpc) is 2.44. The third kappa shape index (κ3) is 4.09. The number of amides is 1. The first-order valence-corrected chi connectivity index (χ1v) is 7.58. The second kappa shape index (κ2) is 6.91. The number of hydrogen-bond acceptors (Lipinski definition) is 1. The van der Waals surface area contributed by atoms with Gasteiger partial charge >= 0.3 is 0 Å². The van der Waals surface area contributed by atoms with Crippen molar-refractivity contribution in [2.75, 3.05) is 5.32 Å². The number of hydrogen-bond donors (Lipinski definition) is 1. The second-order valence-electron chi connectivity index (χ2n) is 4.52. The lowest BCUT2D eigenvalue weighted by atomic mass is 10.1. The molecule has 0 unspecified atom stereocenters. The molecule has 20 heavy (non-hydrogen) atoms. The zero-order valence-electron chi connectivity index (χ0n) is 11.1. The summed E-state index contributed by atoms with van der Waals surface area (Å²) >= 11 is 9.31. The van der Waals surface area contributed by atoms with E-state index in [0.717, 1.165) is 16.5 Å². The van der Waals surface area contributed by atoms with Crippen LogP contribution in [0.1, 0.15) is 18.1 Å². The lowest BCUT2D eigenvalue weighted by Gasteiger charge is -2.07. The summed E-state index contributed by atoms with van der Waals surface area (Å²) < 4.78 is 0.812. The van der Waals surface area contributed by atoms with Crippen LogP contribution in [0.4, 0.5) is 5.69 Å². The average molecular weight is 353 g/mol. The topological polar surface area (TPSA) is 29.1 Å². The number of carbonyl (C=O) groups is 1. The van der Waals surface area contributed by atoms with E-state index in [-0.39, 0.29) is 5.91 Å². The highest BCUT2D eigenvalue weighted by molar-refractivity contribution is 9.10. The van der Waals surface area contributed by atoms with E-state index >= 15 is 0 Å². The summed E-state index contributed by atoms with van der Waals surface area (Å²) in [5.74, 6) is -0.0485. The summed E-state index contributed by atoms with van der Waals surface area (Å²) in [6, 6.07) is 13.4. The molecule has 2 aromatic carbocycles. The summed E-state index contributed by atoms with van der Waals surface area (Å²) in [4.78, 5) is 12.0. The van der Waals surface area contributed by atoms with Crippen LogP contribution >= 0.6 is 27.5 Å². The molecule has 0 aliphatic heterocycles. The normalized spacial score (nSPS) is 10.3. The van der Waals surface area contributed by atoms with Gasteiger partial charge in [-0.1, -0.05) is 42.8 Å². The lowest BCUT2D eigenvalue weighted by molar-refractivity contribution is -0.115. The Kier molecular flexibility index (Phi) is 5.21. The van der Waals surface area contributed by atoms with Crippen LogP contribution in [0.3, 0.4) is 0 Å². The van der Waals surface area contributed by atoms with E-state index in [2.05, 4.69) is 40.3 Å². The highest BCUT2D eigenvalue weighted by Crippen LogP contribution is 2.25. The van der Waals surface area contributed by atoms with Gasteiger partial charge in [-0.15, -0.1) is 0 Å². The monoisotopic (exact) mass is 351 g/mol. The molecule has 0 fully saturated rings. The summed E-state index contributed by atoms with van der Waals surface area (Å²) in [6.07, 6.45) is 1.36. The Morgan fingerprint density at radius 2 is 1.80 bits per heavy atom. The molecule has 0 atom stereocenters. The molecule has 0 spiro atoms. The number of aryl methyl sites for hydroxylation is 1. The van der Waals surface area contributed by atoms with Gasteiger partial charge < -0.3 is 5.32 Å². The Balaban J connectivity index is 1.99. The Morgan fingerprint density at radius 3 is 2.40 bits per heavy atom. The van der Waals surface area contributed by atoms with Crippen LogP contribution in [0.25, 0.3) is 0 Å². The maximum Gasteiger partial charge on any atom is 0.228 e. The molecule has 0 bridgehead atoms. The van der Waals surface area contributed by atoms with Crippen molar-refractivity contribution in [3.63, 3.8) is 0 Å². The predicted octanol–water partition coefficient (Wildman–Crippen LogP) is 4.85. The van der Waals surface area contributed by atoms with E-state index in [9.17, 15) is 4.79 Å². The molecular formula is C16H15BrClNO. The minimum Gasteiger partial charge on any atom is -0.326 e. The van der Waals surface area contributed by atoms with Crippen LogP contribution in [0.15, 0.2) is 46.9 Å². The number of benzene rings is 2. The van der Waals surface area contributed by atoms with Gasteiger partial charge in [0, 0.05) is 10.2 Å². The van der Waals surface area contributed by atoms with Gasteiger partial charge in [0.05, 0.1) is 11.4 Å². The van der Waals surface area contributed by atoms with Gasteiger partial charge in [-0.3, -0.25) is 4.79 Å². The number of anilines is 1. The van der Waals surface area contributed by atoms with Crippen LogP contribution in [0, 0.1) is 0 Å². The van der Waals surface area contributed by atoms with Crippen molar-refractivity contribution in [2.45, 2.75) is 19.8 Å². The molecule has 0 aromatic heterocycles. The summed E-state index contributed by atoms with van der Waals surface area (Å²) in [5.41, 5.74) is 2.98. The minimum atomic E-state index is -0.0485. The van der Waals surface area contributed by atoms with Gasteiger partial charge in [0.1, 0.15) is 0 Å². The molecule has 2 rings (SSSR count). The molecule has 0 aliphatic rings. The predicted molar refractivity (Wildman–Crippen MR) is 87.3 cm³/mol. The molecule has 0 aliphatic carbocycles. The third-order valence-electron chi connectivity index (χ3n) is 3.00. The first-order chi connectivity index (χ1) is 9.58. The maximum absolute atomic E-state index is 12.0. The fourth-order valence-corrected chi connectivity index (χ4v) is 2.28. The lowest BCUT2D eigenvalue weighted by Crippen LogP contribution is -2.14. The molecule has 1 amide bonds. The Bertz CT molecular complexity index is 610. The largest absolute Gasteiger partial charge is 0.326 e. The fraction of sp³-hybridized carbons (Fsp3) is 0.188. The van der Waals surface area contributed by atoms with Gasteiger partial charge in [0.2, 0.25) is 5.91 Å². The van der Waals surface area contributed by atoms with Crippen molar-refractivity contribution in [2.24, 2.45) is 0 Å². The highest BCUT2D eigenvalue weighted by Gasteiger charge is 2.05. The number of halogens is 2. The van der Waals surface area contributed by atoms with E-state index in [0.29, 0.717) is 17.1 Å². The van der Waals surface area contributed by atoms with Crippen molar-refractivity contribution in [1.29, 1.82) is 0 Å². The van der Waals surface area contributed by atoms with E-state index in [1.54, 1.807) is 6.07 Å². The van der Waals surface area contributed by atoms with Gasteiger partial charge in [0.15, 0.2) is 0 Å². The van der Waals surface area contributed by atoms with Crippen molar-refractivity contribution >= 4 is 39.1 Å². The molecular weight excluding hydrogens is 338 g/mol. The summed E-state index contributed by atoms with van der Waals surface area (Å²) in [5, 5.41) is 3.42. The van der Waals surface area contributed by atoms with E-state index in [1.165, 1.54) is 5.56 Å². The first kappa shape index (κ1) is 15.1. The van der Waals surface area contributed by atoms with Crippen molar-refractivity contribution in [1.82, 2.24) is 0 Å². The SMILES string of the molecule is CCc1ccc(CC(=O)Nc2ccc(Br)c(Cl)c2)cc1. The van der Waals surface area contributed by atoms with E-state index in [4.69, 9.17) is 11.6 Å². The molecule has 0 saturated heterocycles. The standard InChI is InChI=1S/C16H15BrClNO/c1-2-11-3-5-12(6-4-11)9-16(20)19-13-7-8-14(17)15(18)10-13/h3-8,10H,2,9H2,1H3,(H,19,20). The van der Waals surface area contributed by atoms with Crippen molar-refractivity contribution in [3.05, 3.63) is 63.1 Å². The molecule has 0 radical (unpaired) electrons. The summed E-state index contributed by atoms with van der Waals surface area (Å²) in [7, 11) is 0. The fourth-order valence-electron chi connectivity index (χ4n) is 1.86. The van der Waals surface area contributed by atoms with Gasteiger partial charge in [-0.2, -0.15) is 0 Å². The number of rotatable bonds is 4. The molecule has 2 nitrogen and oxygen atoms in total. The number of carbonyl (C=O) groups excluding carboxylic acids is 1. The van der Waals surface area contributed by atoms with Crippen LogP contribution < -0.4 is 5.32 Å². The quantitative estimate of drug-likeness (QED) is 0.837. The van der Waals surface area contributed by atoms with Gasteiger partial charge in [-0.05, 0) is 51.7 Å². The van der Waals surface area contributed by atoms with Crippen LogP contribution in [-0.4, -0.2) is 5.91 Å². The Morgan fingerprint density at radius 1 is 1.15 bits per heavy atom. The van der Waals surface area contributed by atoms with Crippen molar-refractivity contribution in [3.8, 4) is 0 Å². The summed E-state index contributed by atoms with van der Waals surface area (Å²) in [6.45, 7) is 2.11. The van der Waals surface area contributed by atoms with Crippen LogP contribution in [0.5, 0.6) is 0 Å². The second-order valence-corrected chi connectivity index (χ2v) is 5.79. The molecule has 104 valence electrons. The van der Waals surface area contributed by atoms with Gasteiger partial charge in [0.25, 0.3) is 0 Å².